The molecule has 0 bridgehead atoms. The fourth-order valence-electron chi connectivity index (χ4n) is 2.79. The highest BCUT2D eigenvalue weighted by atomic mass is 16.6. The zero-order valence-electron chi connectivity index (χ0n) is 17.9. The molecule has 10 nitrogen and oxygen atoms in total. The summed E-state index contributed by atoms with van der Waals surface area (Å²) in [5.41, 5.74) is 2.91. The van der Waals surface area contributed by atoms with E-state index in [2.05, 4.69) is 5.32 Å². The number of benzene rings is 2. The van der Waals surface area contributed by atoms with Crippen molar-refractivity contribution in [2.75, 3.05) is 25.1 Å². The molecule has 33 heavy (non-hydrogen) atoms. The largest absolute Gasteiger partial charge is 0.491 e. The predicted molar refractivity (Wildman–Crippen MR) is 118 cm³/mol. The van der Waals surface area contributed by atoms with E-state index in [1.54, 1.807) is 55.5 Å². The molecule has 2 atom stereocenters. The van der Waals surface area contributed by atoms with E-state index >= 15 is 0 Å². The van der Waals surface area contributed by atoms with Crippen LogP contribution in [0.3, 0.4) is 0 Å². The summed E-state index contributed by atoms with van der Waals surface area (Å²) in [6.07, 6.45) is -0.171. The second-order valence-electron chi connectivity index (χ2n) is 6.54. The first kappa shape index (κ1) is 25.4. The lowest BCUT2D eigenvalue weighted by Crippen LogP contribution is -2.28. The molecule has 4 N–H and O–H groups in total. The Morgan fingerprint density at radius 3 is 2.42 bits per heavy atom. The van der Waals surface area contributed by atoms with E-state index in [-0.39, 0.29) is 19.8 Å². The fraction of sp³-hybridized carbons (Fsp3) is 0.261. The molecule has 0 saturated carbocycles. The third-order valence-corrected chi connectivity index (χ3v) is 4.27. The molecule has 0 heterocycles. The van der Waals surface area contributed by atoms with Gasteiger partial charge in [-0.3, -0.25) is 15.3 Å². The van der Waals surface area contributed by atoms with Crippen molar-refractivity contribution in [3.05, 3.63) is 71.8 Å². The maximum absolute atomic E-state index is 12.6. The van der Waals surface area contributed by atoms with Crippen molar-refractivity contribution in [3.8, 4) is 11.8 Å². The van der Waals surface area contributed by atoms with Crippen LogP contribution in [0.1, 0.15) is 24.2 Å². The zero-order valence-corrected chi connectivity index (χ0v) is 17.9. The van der Waals surface area contributed by atoms with Gasteiger partial charge < -0.3 is 19.3 Å². The molecule has 174 valence electrons. The van der Waals surface area contributed by atoms with E-state index in [9.17, 15) is 9.59 Å². The van der Waals surface area contributed by atoms with Crippen molar-refractivity contribution in [2.45, 2.75) is 19.1 Å². The minimum absolute atomic E-state index is 0.132. The van der Waals surface area contributed by atoms with Crippen LogP contribution in [0.25, 0.3) is 0 Å². The van der Waals surface area contributed by atoms with E-state index in [0.717, 1.165) is 6.08 Å². The topological polar surface area (TPSA) is 150 Å². The first-order valence-electron chi connectivity index (χ1n) is 10.1. The van der Waals surface area contributed by atoms with Crippen LogP contribution in [0.2, 0.25) is 0 Å². The number of anilines is 1. The summed E-state index contributed by atoms with van der Waals surface area (Å²) in [5, 5.41) is 29.1. The molecular formula is C23H25N3O7. The van der Waals surface area contributed by atoms with Gasteiger partial charge in [0, 0.05) is 18.4 Å². The number of nitrogens with zero attached hydrogens (tertiary/aromatic N) is 1. The number of hydrogen-bond donors (Lipinski definition) is 4. The minimum Gasteiger partial charge on any atom is -0.491 e. The standard InChI is InChI=1S/C23H25N3O7/c1-2-31-20(11-12-21(28)26-30)22(17-5-9-19(10-6-17)32-14-13-27)33-23(29)25-18-7-3-16(15-24)4-8-18/h3-12,20,22,27,30H,2,13-14H2,1H3,(H,25,29)(H,26,28)/b12-11+/t20-,22-/m1/s1. The SMILES string of the molecule is CCO[C@H](/C=C/C(=O)NO)[C@H](OC(=O)Nc1ccc(C#N)cc1)c1ccc(OCCO)cc1. The van der Waals surface area contributed by atoms with Gasteiger partial charge in [-0.1, -0.05) is 12.1 Å². The maximum atomic E-state index is 12.6. The Labute approximate surface area is 191 Å². The number of aliphatic hydroxyl groups is 1. The van der Waals surface area contributed by atoms with Crippen LogP contribution in [-0.4, -0.2) is 48.2 Å². The highest BCUT2D eigenvalue weighted by Gasteiger charge is 2.26. The first-order chi connectivity index (χ1) is 16.0. The molecule has 0 aliphatic rings. The monoisotopic (exact) mass is 455 g/mol. The molecular weight excluding hydrogens is 430 g/mol. The molecule has 0 radical (unpaired) electrons. The maximum Gasteiger partial charge on any atom is 0.412 e. The van der Waals surface area contributed by atoms with Gasteiger partial charge in [-0.05, 0) is 55.0 Å². The minimum atomic E-state index is -0.960. The van der Waals surface area contributed by atoms with Crippen molar-refractivity contribution in [2.24, 2.45) is 0 Å². The number of hydroxylamine groups is 1. The first-order valence-corrected chi connectivity index (χ1v) is 10.1. The second-order valence-corrected chi connectivity index (χ2v) is 6.54. The Morgan fingerprint density at radius 1 is 1.15 bits per heavy atom. The number of aliphatic hydroxyl groups excluding tert-OH is 1. The van der Waals surface area contributed by atoms with Gasteiger partial charge in [-0.2, -0.15) is 5.26 Å². The van der Waals surface area contributed by atoms with Gasteiger partial charge in [0.1, 0.15) is 18.5 Å². The molecule has 0 aliphatic heterocycles. The lowest BCUT2D eigenvalue weighted by molar-refractivity contribution is -0.124. The number of carbonyl (C=O) groups is 2. The molecule has 2 rings (SSSR count). The van der Waals surface area contributed by atoms with Crippen LogP contribution in [0.5, 0.6) is 5.75 Å². The number of nitriles is 1. The number of nitrogens with one attached hydrogen (secondary N) is 2. The predicted octanol–water partition coefficient (Wildman–Crippen LogP) is 2.69. The van der Waals surface area contributed by atoms with Crippen LogP contribution in [0.15, 0.2) is 60.7 Å². The summed E-state index contributed by atoms with van der Waals surface area (Å²) in [5.74, 6) is -0.259. The Kier molecular flexibility index (Phi) is 10.4. The molecule has 0 spiro atoms. The van der Waals surface area contributed by atoms with Crippen molar-refractivity contribution in [1.29, 1.82) is 5.26 Å². The highest BCUT2D eigenvalue weighted by molar-refractivity contribution is 5.86. The number of hydrogen-bond acceptors (Lipinski definition) is 8. The summed E-state index contributed by atoms with van der Waals surface area (Å²) in [4.78, 5) is 24.1. The Balaban J connectivity index is 2.27. The average molecular weight is 455 g/mol. The molecule has 0 aliphatic carbocycles. The van der Waals surface area contributed by atoms with Gasteiger partial charge in [0.25, 0.3) is 5.91 Å². The summed E-state index contributed by atoms with van der Waals surface area (Å²) in [7, 11) is 0. The summed E-state index contributed by atoms with van der Waals surface area (Å²) >= 11 is 0. The van der Waals surface area contributed by atoms with Crippen molar-refractivity contribution in [1.82, 2.24) is 5.48 Å². The van der Waals surface area contributed by atoms with Gasteiger partial charge >= 0.3 is 6.09 Å². The van der Waals surface area contributed by atoms with E-state index in [1.165, 1.54) is 11.6 Å². The third kappa shape index (κ3) is 8.27. The lowest BCUT2D eigenvalue weighted by Gasteiger charge is -2.25. The Hall–Kier alpha value is -3.91. The number of ether oxygens (including phenoxy) is 3. The van der Waals surface area contributed by atoms with Gasteiger partial charge in [-0.15, -0.1) is 0 Å². The van der Waals surface area contributed by atoms with Gasteiger partial charge in [0.15, 0.2) is 6.10 Å². The summed E-state index contributed by atoms with van der Waals surface area (Å²) in [6.45, 7) is 2.00. The number of rotatable bonds is 11. The van der Waals surface area contributed by atoms with Crippen molar-refractivity contribution >= 4 is 17.7 Å². The number of amides is 2. The molecule has 10 heteroatoms. The van der Waals surface area contributed by atoms with E-state index in [0.29, 0.717) is 22.6 Å². The number of carbonyl (C=O) groups excluding carboxylic acids is 2. The normalized spacial score (nSPS) is 12.4. The van der Waals surface area contributed by atoms with Gasteiger partial charge in [0.2, 0.25) is 0 Å². The quantitative estimate of drug-likeness (QED) is 0.229. The van der Waals surface area contributed by atoms with Crippen LogP contribution < -0.4 is 15.5 Å². The van der Waals surface area contributed by atoms with E-state index in [1.807, 2.05) is 6.07 Å². The van der Waals surface area contributed by atoms with Crippen LogP contribution in [-0.2, 0) is 14.3 Å². The van der Waals surface area contributed by atoms with Gasteiger partial charge in [0.05, 0.1) is 18.2 Å². The van der Waals surface area contributed by atoms with Crippen LogP contribution in [0, 0.1) is 11.3 Å². The zero-order chi connectivity index (χ0) is 24.1. The lowest BCUT2D eigenvalue weighted by atomic mass is 10.0. The van der Waals surface area contributed by atoms with Crippen molar-refractivity contribution in [3.63, 3.8) is 0 Å². The van der Waals surface area contributed by atoms with E-state index in [4.69, 9.17) is 29.8 Å². The summed E-state index contributed by atoms with van der Waals surface area (Å²) in [6, 6.07) is 14.8. The Morgan fingerprint density at radius 2 is 1.85 bits per heavy atom. The molecule has 2 aromatic rings. The average Bonchev–Trinajstić information content (AvgIpc) is 2.84. The second kappa shape index (κ2) is 13.5. The van der Waals surface area contributed by atoms with E-state index < -0.39 is 24.2 Å². The van der Waals surface area contributed by atoms with Gasteiger partial charge in [-0.25, -0.2) is 10.3 Å². The Bertz CT molecular complexity index is 969. The molecule has 2 amide bonds. The fourth-order valence-corrected chi connectivity index (χ4v) is 2.79. The molecule has 0 aromatic heterocycles. The molecule has 0 saturated heterocycles. The smallest absolute Gasteiger partial charge is 0.412 e. The molecule has 0 fully saturated rings. The molecule has 2 aromatic carbocycles. The van der Waals surface area contributed by atoms with Crippen LogP contribution in [0.4, 0.5) is 10.5 Å². The molecule has 0 unspecified atom stereocenters. The summed E-state index contributed by atoms with van der Waals surface area (Å²) < 4.78 is 16.7. The highest BCUT2D eigenvalue weighted by Crippen LogP contribution is 2.27. The van der Waals surface area contributed by atoms with Crippen LogP contribution >= 0.6 is 0 Å². The van der Waals surface area contributed by atoms with Crippen molar-refractivity contribution < 1.29 is 34.1 Å². The third-order valence-electron chi connectivity index (χ3n) is 4.27.